The molecule has 0 bridgehead atoms. The summed E-state index contributed by atoms with van der Waals surface area (Å²) in [6.45, 7) is 7.41. The Morgan fingerprint density at radius 3 is 2.38 bits per heavy atom. The molecular formula is C17H21NO3. The van der Waals surface area contributed by atoms with Gasteiger partial charge in [-0.05, 0) is 25.8 Å². The summed E-state index contributed by atoms with van der Waals surface area (Å²) in [4.78, 5) is 0. The number of nitrogens with zero attached hydrogens (tertiary/aromatic N) is 1. The maximum atomic E-state index is 5.83. The van der Waals surface area contributed by atoms with Crippen molar-refractivity contribution in [2.75, 3.05) is 13.2 Å². The van der Waals surface area contributed by atoms with Gasteiger partial charge in [0.1, 0.15) is 5.76 Å². The summed E-state index contributed by atoms with van der Waals surface area (Å²) in [7, 11) is 0. The van der Waals surface area contributed by atoms with Gasteiger partial charge in [0, 0.05) is 11.0 Å². The summed E-state index contributed by atoms with van der Waals surface area (Å²) in [5, 5.41) is 4.06. The Balaban J connectivity index is 2.00. The minimum Gasteiger partial charge on any atom is -0.361 e. The number of hydrogen-bond donors (Lipinski definition) is 0. The lowest BCUT2D eigenvalue weighted by Gasteiger charge is -2.34. The van der Waals surface area contributed by atoms with Crippen LogP contribution in [0.15, 0.2) is 34.9 Å². The van der Waals surface area contributed by atoms with Gasteiger partial charge in [-0.15, -0.1) is 0 Å². The van der Waals surface area contributed by atoms with Crippen LogP contribution in [0.1, 0.15) is 29.5 Å². The Bertz CT molecular complexity index is 582. The molecule has 1 saturated heterocycles. The van der Waals surface area contributed by atoms with E-state index in [0.717, 1.165) is 23.4 Å². The van der Waals surface area contributed by atoms with E-state index in [-0.39, 0.29) is 11.7 Å². The molecule has 112 valence electrons. The van der Waals surface area contributed by atoms with Crippen LogP contribution in [-0.2, 0) is 21.3 Å². The molecule has 0 radical (unpaired) electrons. The average molecular weight is 287 g/mol. The zero-order valence-corrected chi connectivity index (χ0v) is 12.8. The van der Waals surface area contributed by atoms with Gasteiger partial charge in [0.25, 0.3) is 0 Å². The molecule has 1 fully saturated rings. The average Bonchev–Trinajstić information content (AvgIpc) is 3.14. The third kappa shape index (κ3) is 2.61. The van der Waals surface area contributed by atoms with E-state index < -0.39 is 0 Å². The molecular weight excluding hydrogens is 266 g/mol. The fraction of sp³-hybridized carbons (Fsp3) is 0.471. The highest BCUT2D eigenvalue weighted by Gasteiger charge is 2.41. The zero-order valence-electron chi connectivity index (χ0n) is 12.8. The molecule has 1 aliphatic rings. The molecule has 2 heterocycles. The first-order valence-electron chi connectivity index (χ1n) is 7.32. The zero-order chi connectivity index (χ0) is 14.9. The number of ether oxygens (including phenoxy) is 2. The first kappa shape index (κ1) is 14.3. The Kier molecular flexibility index (Phi) is 3.83. The fourth-order valence-corrected chi connectivity index (χ4v) is 2.99. The van der Waals surface area contributed by atoms with Gasteiger partial charge in [-0.25, -0.2) is 0 Å². The Morgan fingerprint density at radius 2 is 1.81 bits per heavy atom. The highest BCUT2D eigenvalue weighted by molar-refractivity contribution is 5.32. The van der Waals surface area contributed by atoms with E-state index in [2.05, 4.69) is 36.3 Å². The summed E-state index contributed by atoms with van der Waals surface area (Å²) < 4.78 is 17.0. The maximum Gasteiger partial charge on any atom is 0.167 e. The summed E-state index contributed by atoms with van der Waals surface area (Å²) in [5.74, 6) is 0.868. The number of rotatable bonds is 4. The fourth-order valence-electron chi connectivity index (χ4n) is 2.99. The first-order chi connectivity index (χ1) is 10.1. The van der Waals surface area contributed by atoms with Crippen molar-refractivity contribution >= 4 is 0 Å². The van der Waals surface area contributed by atoms with Crippen LogP contribution >= 0.6 is 0 Å². The normalized spacial score (nSPS) is 18.8. The smallest absolute Gasteiger partial charge is 0.167 e. The van der Waals surface area contributed by atoms with Crippen molar-refractivity contribution in [1.82, 2.24) is 5.16 Å². The van der Waals surface area contributed by atoms with Gasteiger partial charge < -0.3 is 14.0 Å². The van der Waals surface area contributed by atoms with Crippen molar-refractivity contribution < 1.29 is 14.0 Å². The summed E-state index contributed by atoms with van der Waals surface area (Å²) >= 11 is 0. The largest absolute Gasteiger partial charge is 0.361 e. The number of aryl methyl sites for hydroxylation is 2. The van der Waals surface area contributed by atoms with Crippen LogP contribution in [0, 0.1) is 13.8 Å². The van der Waals surface area contributed by atoms with Crippen LogP contribution < -0.4 is 0 Å². The van der Waals surface area contributed by atoms with Gasteiger partial charge in [0.15, 0.2) is 6.29 Å². The third-order valence-electron chi connectivity index (χ3n) is 4.30. The van der Waals surface area contributed by atoms with Gasteiger partial charge in [0.2, 0.25) is 0 Å². The van der Waals surface area contributed by atoms with E-state index in [1.54, 1.807) is 0 Å². The second kappa shape index (κ2) is 5.62. The topological polar surface area (TPSA) is 44.5 Å². The van der Waals surface area contributed by atoms with Gasteiger partial charge in [-0.3, -0.25) is 0 Å². The molecule has 0 unspecified atom stereocenters. The minimum atomic E-state index is -0.265. The molecule has 4 heteroatoms. The monoisotopic (exact) mass is 287 g/mol. The second-order valence-corrected chi connectivity index (χ2v) is 5.84. The Morgan fingerprint density at radius 1 is 1.14 bits per heavy atom. The molecule has 1 aromatic carbocycles. The quantitative estimate of drug-likeness (QED) is 0.866. The lowest BCUT2D eigenvalue weighted by molar-refractivity contribution is -0.0942. The van der Waals surface area contributed by atoms with Crippen LogP contribution in [0.25, 0.3) is 0 Å². The molecule has 21 heavy (non-hydrogen) atoms. The molecule has 1 aromatic heterocycles. The third-order valence-corrected chi connectivity index (χ3v) is 4.30. The van der Waals surface area contributed by atoms with E-state index in [9.17, 15) is 0 Å². The standard InChI is InChI=1S/C17H21NO3/c1-12-15(13(2)21-18-12)11-17(3,16-19-9-10-20-16)14-7-5-4-6-8-14/h4-8,16H,9-11H2,1-3H3/t17-/m1/s1. The molecule has 3 rings (SSSR count). The number of aromatic nitrogens is 1. The maximum absolute atomic E-state index is 5.83. The van der Waals surface area contributed by atoms with Crippen LogP contribution in [0.5, 0.6) is 0 Å². The predicted molar refractivity (Wildman–Crippen MR) is 79.2 cm³/mol. The van der Waals surface area contributed by atoms with Crippen molar-refractivity contribution in [2.45, 2.75) is 38.9 Å². The molecule has 1 aliphatic heterocycles. The predicted octanol–water partition coefficient (Wildman–Crippen LogP) is 3.16. The molecule has 1 atom stereocenters. The summed E-state index contributed by atoms with van der Waals surface area (Å²) in [6, 6.07) is 10.4. The Hall–Kier alpha value is -1.65. The molecule has 2 aromatic rings. The van der Waals surface area contributed by atoms with Crippen molar-refractivity contribution in [2.24, 2.45) is 0 Å². The number of benzene rings is 1. The van der Waals surface area contributed by atoms with Gasteiger partial charge in [-0.1, -0.05) is 42.4 Å². The Labute approximate surface area is 125 Å². The lowest BCUT2D eigenvalue weighted by atomic mass is 9.76. The highest BCUT2D eigenvalue weighted by Crippen LogP contribution is 2.37. The van der Waals surface area contributed by atoms with Crippen molar-refractivity contribution in [3.05, 3.63) is 52.9 Å². The summed E-state index contributed by atoms with van der Waals surface area (Å²) in [5.41, 5.74) is 3.02. The van der Waals surface area contributed by atoms with Crippen molar-refractivity contribution in [3.8, 4) is 0 Å². The molecule has 0 saturated carbocycles. The SMILES string of the molecule is Cc1noc(C)c1C[C@](C)(c1ccccc1)C1OCCO1. The highest BCUT2D eigenvalue weighted by atomic mass is 16.7. The van der Waals surface area contributed by atoms with Gasteiger partial charge in [-0.2, -0.15) is 0 Å². The summed E-state index contributed by atoms with van der Waals surface area (Å²) in [6.07, 6.45) is 0.539. The van der Waals surface area contributed by atoms with Gasteiger partial charge >= 0.3 is 0 Å². The van der Waals surface area contributed by atoms with Crippen LogP contribution in [0.4, 0.5) is 0 Å². The van der Waals surface area contributed by atoms with E-state index in [1.807, 2.05) is 19.9 Å². The minimum absolute atomic E-state index is 0.242. The second-order valence-electron chi connectivity index (χ2n) is 5.84. The van der Waals surface area contributed by atoms with Crippen LogP contribution in [0.3, 0.4) is 0 Å². The van der Waals surface area contributed by atoms with Gasteiger partial charge in [0.05, 0.1) is 18.9 Å². The number of hydrogen-bond acceptors (Lipinski definition) is 4. The van der Waals surface area contributed by atoms with Crippen LogP contribution in [0.2, 0.25) is 0 Å². The van der Waals surface area contributed by atoms with E-state index in [0.29, 0.717) is 13.2 Å². The van der Waals surface area contributed by atoms with E-state index in [1.165, 1.54) is 5.56 Å². The molecule has 0 spiro atoms. The molecule has 0 N–H and O–H groups in total. The molecule has 4 nitrogen and oxygen atoms in total. The van der Waals surface area contributed by atoms with Crippen LogP contribution in [-0.4, -0.2) is 24.7 Å². The lowest BCUT2D eigenvalue weighted by Crippen LogP contribution is -2.40. The van der Waals surface area contributed by atoms with Crippen molar-refractivity contribution in [1.29, 1.82) is 0 Å². The van der Waals surface area contributed by atoms with E-state index in [4.69, 9.17) is 14.0 Å². The first-order valence-corrected chi connectivity index (χ1v) is 7.32. The van der Waals surface area contributed by atoms with E-state index >= 15 is 0 Å². The molecule has 0 amide bonds. The van der Waals surface area contributed by atoms with Crippen molar-refractivity contribution in [3.63, 3.8) is 0 Å². The molecule has 0 aliphatic carbocycles.